The van der Waals surface area contributed by atoms with Crippen LogP contribution in [0.25, 0.3) is 0 Å². The Labute approximate surface area is 152 Å². The molecule has 2 saturated heterocycles. The molecule has 0 unspecified atom stereocenters. The van der Waals surface area contributed by atoms with Crippen molar-refractivity contribution in [1.82, 2.24) is 9.80 Å². The Kier molecular flexibility index (Phi) is 4.24. The first-order valence-electron chi connectivity index (χ1n) is 9.44. The topological polar surface area (TPSA) is 40.6 Å². The minimum absolute atomic E-state index is 0.0526. The highest BCUT2D eigenvalue weighted by Crippen LogP contribution is 2.43. The molecule has 0 bridgehead atoms. The van der Waals surface area contributed by atoms with Crippen molar-refractivity contribution in [1.29, 1.82) is 0 Å². The van der Waals surface area contributed by atoms with E-state index < -0.39 is 23.1 Å². The molecular formula is C20H24F2N2O2. The van der Waals surface area contributed by atoms with Crippen LogP contribution in [-0.4, -0.2) is 47.3 Å². The van der Waals surface area contributed by atoms with Gasteiger partial charge in [-0.05, 0) is 56.1 Å². The zero-order valence-corrected chi connectivity index (χ0v) is 15.1. The molecule has 0 N–H and O–H groups in total. The fraction of sp³-hybridized carbons (Fsp3) is 0.600. The molecule has 4 nitrogen and oxygen atoms in total. The number of piperidine rings is 2. The van der Waals surface area contributed by atoms with Crippen molar-refractivity contribution in [3.63, 3.8) is 0 Å². The first kappa shape index (κ1) is 17.4. The maximum Gasteiger partial charge on any atom is 0.259 e. The third-order valence-electron chi connectivity index (χ3n) is 6.29. The number of aryl methyl sites for hydroxylation is 1. The number of hydrogen-bond donors (Lipinski definition) is 0. The molecule has 2 heterocycles. The van der Waals surface area contributed by atoms with E-state index in [4.69, 9.17) is 0 Å². The van der Waals surface area contributed by atoms with Crippen LogP contribution >= 0.6 is 0 Å². The van der Waals surface area contributed by atoms with Gasteiger partial charge in [-0.25, -0.2) is 8.78 Å². The molecule has 3 fully saturated rings. The zero-order chi connectivity index (χ0) is 18.5. The Morgan fingerprint density at radius 3 is 2.50 bits per heavy atom. The van der Waals surface area contributed by atoms with Crippen molar-refractivity contribution >= 4 is 11.8 Å². The number of benzene rings is 1. The number of rotatable bonds is 2. The lowest BCUT2D eigenvalue weighted by atomic mass is 9.72. The predicted molar refractivity (Wildman–Crippen MR) is 92.6 cm³/mol. The minimum atomic E-state index is -0.804. The van der Waals surface area contributed by atoms with Crippen LogP contribution in [0.3, 0.4) is 0 Å². The highest BCUT2D eigenvalue weighted by atomic mass is 19.1. The second-order valence-electron chi connectivity index (χ2n) is 8.10. The van der Waals surface area contributed by atoms with Gasteiger partial charge in [0.25, 0.3) is 5.91 Å². The van der Waals surface area contributed by atoms with Crippen LogP contribution in [0.4, 0.5) is 8.78 Å². The fourth-order valence-corrected chi connectivity index (χ4v) is 4.37. The lowest BCUT2D eigenvalue weighted by Gasteiger charge is -2.47. The smallest absolute Gasteiger partial charge is 0.259 e. The van der Waals surface area contributed by atoms with Crippen molar-refractivity contribution in [3.8, 4) is 0 Å². The Balaban J connectivity index is 1.46. The van der Waals surface area contributed by atoms with Gasteiger partial charge in [0.05, 0.1) is 0 Å². The average Bonchev–Trinajstić information content (AvgIpc) is 3.46. The number of likely N-dealkylation sites (tertiary alicyclic amines) is 2. The van der Waals surface area contributed by atoms with Gasteiger partial charge in [-0.2, -0.15) is 0 Å². The summed E-state index contributed by atoms with van der Waals surface area (Å²) in [6.45, 7) is 3.27. The molecule has 1 aliphatic carbocycles. The summed E-state index contributed by atoms with van der Waals surface area (Å²) in [6, 6.07) is 2.91. The molecule has 2 aliphatic heterocycles. The second-order valence-corrected chi connectivity index (χ2v) is 8.10. The molecule has 1 spiro atoms. The third kappa shape index (κ3) is 2.99. The van der Waals surface area contributed by atoms with Gasteiger partial charge < -0.3 is 9.80 Å². The summed E-state index contributed by atoms with van der Waals surface area (Å²) in [7, 11) is 0. The van der Waals surface area contributed by atoms with Crippen molar-refractivity contribution < 1.29 is 18.4 Å². The highest BCUT2D eigenvalue weighted by Gasteiger charge is 2.45. The van der Waals surface area contributed by atoms with E-state index in [-0.39, 0.29) is 16.9 Å². The van der Waals surface area contributed by atoms with Crippen molar-refractivity contribution in [2.75, 3.05) is 19.6 Å². The molecule has 1 saturated carbocycles. The van der Waals surface area contributed by atoms with Crippen molar-refractivity contribution in [2.45, 2.75) is 51.5 Å². The summed E-state index contributed by atoms with van der Waals surface area (Å²) in [4.78, 5) is 28.4. The van der Waals surface area contributed by atoms with Crippen LogP contribution in [-0.2, 0) is 4.79 Å². The van der Waals surface area contributed by atoms with Crippen molar-refractivity contribution in [3.05, 3.63) is 34.9 Å². The van der Waals surface area contributed by atoms with E-state index in [1.54, 1.807) is 4.90 Å². The Hall–Kier alpha value is -1.98. The van der Waals surface area contributed by atoms with E-state index in [1.807, 2.05) is 4.90 Å². The molecule has 140 valence electrons. The highest BCUT2D eigenvalue weighted by molar-refractivity contribution is 5.95. The summed E-state index contributed by atoms with van der Waals surface area (Å²) in [5.74, 6) is -1.88. The SMILES string of the molecule is Cc1ccc(F)c(C(=O)N2CCC3(CCC(=O)N(C4CC4)C3)CC2)c1F. The molecule has 0 aromatic heterocycles. The van der Waals surface area contributed by atoms with Crippen LogP contribution in [0.15, 0.2) is 12.1 Å². The molecule has 1 aromatic carbocycles. The monoisotopic (exact) mass is 362 g/mol. The molecule has 4 rings (SSSR count). The number of nitrogens with zero attached hydrogens (tertiary/aromatic N) is 2. The van der Waals surface area contributed by atoms with Gasteiger partial charge in [-0.15, -0.1) is 0 Å². The van der Waals surface area contributed by atoms with Crippen LogP contribution in [0.1, 0.15) is 54.4 Å². The molecule has 3 aliphatic rings. The van der Waals surface area contributed by atoms with Crippen LogP contribution < -0.4 is 0 Å². The summed E-state index contributed by atoms with van der Waals surface area (Å²) in [5, 5.41) is 0. The summed E-state index contributed by atoms with van der Waals surface area (Å²) in [6.07, 6.45) is 5.18. The molecular weight excluding hydrogens is 338 g/mol. The van der Waals surface area contributed by atoms with E-state index in [2.05, 4.69) is 0 Å². The quantitative estimate of drug-likeness (QED) is 0.810. The van der Waals surface area contributed by atoms with E-state index in [1.165, 1.54) is 13.0 Å². The first-order chi connectivity index (χ1) is 12.4. The molecule has 0 atom stereocenters. The van der Waals surface area contributed by atoms with Gasteiger partial charge in [-0.3, -0.25) is 9.59 Å². The lowest BCUT2D eigenvalue weighted by molar-refractivity contribution is -0.139. The summed E-state index contributed by atoms with van der Waals surface area (Å²) >= 11 is 0. The normalized spacial score (nSPS) is 22.8. The van der Waals surface area contributed by atoms with E-state index in [0.29, 0.717) is 25.6 Å². The molecule has 0 radical (unpaired) electrons. The number of carbonyl (C=O) groups is 2. The Morgan fingerprint density at radius 1 is 1.15 bits per heavy atom. The number of carbonyl (C=O) groups excluding carboxylic acids is 2. The molecule has 6 heteroatoms. The van der Waals surface area contributed by atoms with Gasteiger partial charge in [-0.1, -0.05) is 6.07 Å². The largest absolute Gasteiger partial charge is 0.339 e. The first-order valence-corrected chi connectivity index (χ1v) is 9.44. The van der Waals surface area contributed by atoms with Crippen LogP contribution in [0.2, 0.25) is 0 Å². The number of hydrogen-bond acceptors (Lipinski definition) is 2. The molecule has 26 heavy (non-hydrogen) atoms. The van der Waals surface area contributed by atoms with Gasteiger partial charge in [0.2, 0.25) is 5.91 Å². The van der Waals surface area contributed by atoms with Gasteiger partial charge in [0, 0.05) is 32.1 Å². The third-order valence-corrected chi connectivity index (χ3v) is 6.29. The zero-order valence-electron chi connectivity index (χ0n) is 15.1. The van der Waals surface area contributed by atoms with Gasteiger partial charge >= 0.3 is 0 Å². The maximum absolute atomic E-state index is 14.3. The Bertz CT molecular complexity index is 752. The predicted octanol–water partition coefficient (Wildman–Crippen LogP) is 3.28. The van der Waals surface area contributed by atoms with E-state index in [9.17, 15) is 18.4 Å². The van der Waals surface area contributed by atoms with E-state index in [0.717, 1.165) is 44.7 Å². The minimum Gasteiger partial charge on any atom is -0.339 e. The van der Waals surface area contributed by atoms with Gasteiger partial charge in [0.15, 0.2) is 0 Å². The Morgan fingerprint density at radius 2 is 1.85 bits per heavy atom. The van der Waals surface area contributed by atoms with E-state index >= 15 is 0 Å². The second kappa shape index (κ2) is 6.32. The lowest BCUT2D eigenvalue weighted by Crippen LogP contribution is -2.53. The summed E-state index contributed by atoms with van der Waals surface area (Å²) in [5.41, 5.74) is -0.120. The fourth-order valence-electron chi connectivity index (χ4n) is 4.37. The maximum atomic E-state index is 14.3. The summed E-state index contributed by atoms with van der Waals surface area (Å²) < 4.78 is 28.3. The standard InChI is InChI=1S/C20H24F2N2O2/c1-13-2-5-15(21)17(18(13)22)19(26)23-10-8-20(9-11-23)7-6-16(25)24(12-20)14-3-4-14/h2,5,14H,3-4,6-12H2,1H3. The van der Waals surface area contributed by atoms with Gasteiger partial charge in [0.1, 0.15) is 17.2 Å². The number of halogens is 2. The van der Waals surface area contributed by atoms with Crippen LogP contribution in [0.5, 0.6) is 0 Å². The average molecular weight is 362 g/mol. The van der Waals surface area contributed by atoms with Crippen molar-refractivity contribution in [2.24, 2.45) is 5.41 Å². The van der Waals surface area contributed by atoms with Crippen LogP contribution in [0, 0.1) is 24.0 Å². The number of amides is 2. The molecule has 2 amide bonds. The molecule has 1 aromatic rings.